The van der Waals surface area contributed by atoms with Gasteiger partial charge in [-0.05, 0) is 11.5 Å². The number of nitrogens with zero attached hydrogens (tertiary/aromatic N) is 1. The molecular formula is C16H24N2O2. The van der Waals surface area contributed by atoms with Crippen molar-refractivity contribution < 1.29 is 9.53 Å². The molecule has 0 aromatic heterocycles. The third-order valence-corrected chi connectivity index (χ3v) is 3.70. The Kier molecular flexibility index (Phi) is 6.02. The summed E-state index contributed by atoms with van der Waals surface area (Å²) in [6, 6.07) is 10.4. The van der Waals surface area contributed by atoms with Crippen LogP contribution in [-0.2, 0) is 9.53 Å². The summed E-state index contributed by atoms with van der Waals surface area (Å²) < 4.78 is 5.25. The van der Waals surface area contributed by atoms with Gasteiger partial charge in [-0.1, -0.05) is 37.3 Å². The summed E-state index contributed by atoms with van der Waals surface area (Å²) in [7, 11) is 0. The Labute approximate surface area is 121 Å². The zero-order valence-electron chi connectivity index (χ0n) is 12.2. The van der Waals surface area contributed by atoms with E-state index in [0.29, 0.717) is 25.6 Å². The SMILES string of the molecule is CC(CNCCC(=O)N1CCOCC1)c1ccccc1. The second kappa shape index (κ2) is 8.02. The molecule has 1 atom stereocenters. The van der Waals surface area contributed by atoms with Gasteiger partial charge in [-0.2, -0.15) is 0 Å². The molecule has 1 fully saturated rings. The van der Waals surface area contributed by atoms with E-state index in [1.165, 1.54) is 5.56 Å². The first-order chi connectivity index (χ1) is 9.77. The van der Waals surface area contributed by atoms with Gasteiger partial charge in [0.1, 0.15) is 0 Å². The van der Waals surface area contributed by atoms with Crippen LogP contribution in [0.4, 0.5) is 0 Å². The topological polar surface area (TPSA) is 41.6 Å². The third kappa shape index (κ3) is 4.62. The minimum Gasteiger partial charge on any atom is -0.378 e. The van der Waals surface area contributed by atoms with Gasteiger partial charge in [0.2, 0.25) is 5.91 Å². The van der Waals surface area contributed by atoms with Crippen molar-refractivity contribution in [1.82, 2.24) is 10.2 Å². The highest BCUT2D eigenvalue weighted by atomic mass is 16.5. The van der Waals surface area contributed by atoms with Crippen LogP contribution < -0.4 is 5.32 Å². The first-order valence-corrected chi connectivity index (χ1v) is 7.38. The highest BCUT2D eigenvalue weighted by Gasteiger charge is 2.16. The lowest BCUT2D eigenvalue weighted by molar-refractivity contribution is -0.135. The number of carbonyl (C=O) groups excluding carboxylic acids is 1. The fourth-order valence-corrected chi connectivity index (χ4v) is 2.38. The molecule has 1 N–H and O–H groups in total. The number of amides is 1. The van der Waals surface area contributed by atoms with Crippen molar-refractivity contribution in [3.8, 4) is 0 Å². The molecule has 1 aromatic carbocycles. The van der Waals surface area contributed by atoms with E-state index in [1.54, 1.807) is 0 Å². The van der Waals surface area contributed by atoms with Crippen LogP contribution in [0.15, 0.2) is 30.3 Å². The van der Waals surface area contributed by atoms with Gasteiger partial charge < -0.3 is 15.0 Å². The number of benzene rings is 1. The van der Waals surface area contributed by atoms with Gasteiger partial charge >= 0.3 is 0 Å². The Morgan fingerprint density at radius 3 is 2.70 bits per heavy atom. The van der Waals surface area contributed by atoms with Crippen LogP contribution in [0.3, 0.4) is 0 Å². The minimum absolute atomic E-state index is 0.230. The lowest BCUT2D eigenvalue weighted by Crippen LogP contribution is -2.41. The van der Waals surface area contributed by atoms with Crippen molar-refractivity contribution in [2.75, 3.05) is 39.4 Å². The Morgan fingerprint density at radius 1 is 1.30 bits per heavy atom. The van der Waals surface area contributed by atoms with Crippen LogP contribution >= 0.6 is 0 Å². The number of nitrogens with one attached hydrogen (secondary N) is 1. The van der Waals surface area contributed by atoms with Crippen molar-refractivity contribution in [3.05, 3.63) is 35.9 Å². The Balaban J connectivity index is 1.62. The molecule has 20 heavy (non-hydrogen) atoms. The van der Waals surface area contributed by atoms with Crippen LogP contribution in [-0.4, -0.2) is 50.2 Å². The van der Waals surface area contributed by atoms with Gasteiger partial charge in [-0.3, -0.25) is 4.79 Å². The van der Waals surface area contributed by atoms with Crippen molar-refractivity contribution in [1.29, 1.82) is 0 Å². The maximum absolute atomic E-state index is 11.9. The lowest BCUT2D eigenvalue weighted by Gasteiger charge is -2.27. The molecule has 1 aromatic rings. The van der Waals surface area contributed by atoms with Crippen LogP contribution in [0.1, 0.15) is 24.8 Å². The molecule has 2 rings (SSSR count). The zero-order chi connectivity index (χ0) is 14.2. The molecule has 110 valence electrons. The van der Waals surface area contributed by atoms with E-state index < -0.39 is 0 Å². The van der Waals surface area contributed by atoms with Crippen LogP contribution in [0.5, 0.6) is 0 Å². The molecule has 0 spiro atoms. The van der Waals surface area contributed by atoms with Gasteiger partial charge in [0.15, 0.2) is 0 Å². The monoisotopic (exact) mass is 276 g/mol. The maximum atomic E-state index is 11.9. The number of rotatable bonds is 6. The van der Waals surface area contributed by atoms with Gasteiger partial charge in [-0.25, -0.2) is 0 Å². The maximum Gasteiger partial charge on any atom is 0.224 e. The van der Waals surface area contributed by atoms with E-state index in [1.807, 2.05) is 11.0 Å². The smallest absolute Gasteiger partial charge is 0.224 e. The molecule has 1 amide bonds. The molecule has 1 heterocycles. The van der Waals surface area contributed by atoms with Crippen molar-refractivity contribution in [2.45, 2.75) is 19.3 Å². The number of hydrogen-bond acceptors (Lipinski definition) is 3. The number of ether oxygens (including phenoxy) is 1. The van der Waals surface area contributed by atoms with Gasteiger partial charge in [0, 0.05) is 32.6 Å². The predicted molar refractivity (Wildman–Crippen MR) is 79.7 cm³/mol. The fraction of sp³-hybridized carbons (Fsp3) is 0.562. The molecule has 4 nitrogen and oxygen atoms in total. The summed E-state index contributed by atoms with van der Waals surface area (Å²) >= 11 is 0. The molecule has 0 saturated carbocycles. The first kappa shape index (κ1) is 15.0. The number of carbonyl (C=O) groups is 1. The van der Waals surface area contributed by atoms with E-state index in [0.717, 1.165) is 26.2 Å². The van der Waals surface area contributed by atoms with E-state index in [4.69, 9.17) is 4.74 Å². The van der Waals surface area contributed by atoms with Crippen LogP contribution in [0.25, 0.3) is 0 Å². The van der Waals surface area contributed by atoms with Crippen molar-refractivity contribution in [2.24, 2.45) is 0 Å². The fourth-order valence-electron chi connectivity index (χ4n) is 2.38. The van der Waals surface area contributed by atoms with E-state index >= 15 is 0 Å². The normalized spacial score (nSPS) is 16.9. The third-order valence-electron chi connectivity index (χ3n) is 3.70. The Morgan fingerprint density at radius 2 is 2.00 bits per heavy atom. The van der Waals surface area contributed by atoms with Gasteiger partial charge in [-0.15, -0.1) is 0 Å². The quantitative estimate of drug-likeness (QED) is 0.803. The first-order valence-electron chi connectivity index (χ1n) is 7.38. The summed E-state index contributed by atoms with van der Waals surface area (Å²) in [5.41, 5.74) is 1.33. The van der Waals surface area contributed by atoms with E-state index in [2.05, 4.69) is 36.5 Å². The van der Waals surface area contributed by atoms with Gasteiger partial charge in [0.25, 0.3) is 0 Å². The standard InChI is InChI=1S/C16H24N2O2/c1-14(15-5-3-2-4-6-15)13-17-8-7-16(19)18-9-11-20-12-10-18/h2-6,14,17H,7-13H2,1H3. The van der Waals surface area contributed by atoms with Gasteiger partial charge in [0.05, 0.1) is 13.2 Å². The summed E-state index contributed by atoms with van der Waals surface area (Å²) in [5.74, 6) is 0.697. The van der Waals surface area contributed by atoms with Crippen LogP contribution in [0.2, 0.25) is 0 Å². The largest absolute Gasteiger partial charge is 0.378 e. The molecular weight excluding hydrogens is 252 g/mol. The molecule has 0 bridgehead atoms. The minimum atomic E-state index is 0.230. The highest BCUT2D eigenvalue weighted by Crippen LogP contribution is 2.12. The second-order valence-electron chi connectivity index (χ2n) is 5.26. The number of morpholine rings is 1. The predicted octanol–water partition coefficient (Wildman–Crippen LogP) is 1.63. The van der Waals surface area contributed by atoms with Crippen LogP contribution in [0, 0.1) is 0 Å². The van der Waals surface area contributed by atoms with Crippen molar-refractivity contribution >= 4 is 5.91 Å². The summed E-state index contributed by atoms with van der Waals surface area (Å²) in [6.45, 7) is 6.66. The zero-order valence-corrected chi connectivity index (χ0v) is 12.2. The summed E-state index contributed by atoms with van der Waals surface area (Å²) in [5, 5.41) is 3.37. The molecule has 1 unspecified atom stereocenters. The molecule has 4 heteroatoms. The average Bonchev–Trinajstić information content (AvgIpc) is 2.53. The average molecular weight is 276 g/mol. The summed E-state index contributed by atoms with van der Waals surface area (Å²) in [6.07, 6.45) is 0.571. The molecule has 0 aliphatic carbocycles. The highest BCUT2D eigenvalue weighted by molar-refractivity contribution is 5.76. The Bertz CT molecular complexity index is 402. The molecule has 1 aliphatic heterocycles. The molecule has 1 aliphatic rings. The van der Waals surface area contributed by atoms with E-state index in [9.17, 15) is 4.79 Å². The summed E-state index contributed by atoms with van der Waals surface area (Å²) in [4.78, 5) is 13.8. The lowest BCUT2D eigenvalue weighted by atomic mass is 10.0. The molecule has 0 radical (unpaired) electrons. The number of hydrogen-bond donors (Lipinski definition) is 1. The molecule has 1 saturated heterocycles. The second-order valence-corrected chi connectivity index (χ2v) is 5.26. The van der Waals surface area contributed by atoms with Crippen molar-refractivity contribution in [3.63, 3.8) is 0 Å². The Hall–Kier alpha value is -1.39. The van der Waals surface area contributed by atoms with E-state index in [-0.39, 0.29) is 5.91 Å².